The van der Waals surface area contributed by atoms with Crippen LogP contribution in [0, 0.1) is 6.92 Å². The number of esters is 1. The first-order valence-corrected chi connectivity index (χ1v) is 8.94. The van der Waals surface area contributed by atoms with Gasteiger partial charge in [-0.25, -0.2) is 0 Å². The van der Waals surface area contributed by atoms with Crippen LogP contribution in [0.4, 0.5) is 0 Å². The quantitative estimate of drug-likeness (QED) is 0.410. The van der Waals surface area contributed by atoms with Crippen molar-refractivity contribution in [3.63, 3.8) is 0 Å². The van der Waals surface area contributed by atoms with Crippen LogP contribution in [0.25, 0.3) is 0 Å². The number of hydrogen-bond acceptors (Lipinski definition) is 6. The molecule has 1 unspecified atom stereocenters. The van der Waals surface area contributed by atoms with Gasteiger partial charge in [-0.3, -0.25) is 19.7 Å². The number of aryl methyl sites for hydroxylation is 1. The molecule has 2 rings (SSSR count). The van der Waals surface area contributed by atoms with Crippen LogP contribution in [0.1, 0.15) is 22.3 Å². The topological polar surface area (TPSA) is 97.0 Å². The van der Waals surface area contributed by atoms with Gasteiger partial charge in [0.05, 0.1) is 13.0 Å². The van der Waals surface area contributed by atoms with E-state index in [0.717, 1.165) is 5.56 Å². The predicted molar refractivity (Wildman–Crippen MR) is 102 cm³/mol. The van der Waals surface area contributed by atoms with E-state index in [-0.39, 0.29) is 36.6 Å². The van der Waals surface area contributed by atoms with E-state index in [1.165, 1.54) is 7.11 Å². The molecule has 0 saturated carbocycles. The maximum absolute atomic E-state index is 12.4. The minimum atomic E-state index is -0.834. The number of nitrogens with one attached hydrogen (secondary N) is 2. The first kappa shape index (κ1) is 20.8. The van der Waals surface area contributed by atoms with Crippen LogP contribution in [0.15, 0.2) is 24.3 Å². The molecule has 1 atom stereocenters. The summed E-state index contributed by atoms with van der Waals surface area (Å²) in [5, 5.41) is 5.44. The summed E-state index contributed by atoms with van der Waals surface area (Å²) in [5.41, 5.74) is 1.41. The Labute approximate surface area is 163 Å². The lowest BCUT2D eigenvalue weighted by molar-refractivity contribution is -0.148. The molecule has 9 heteroatoms. The zero-order valence-corrected chi connectivity index (χ0v) is 16.1. The summed E-state index contributed by atoms with van der Waals surface area (Å²) in [6.07, 6.45) is -0.171. The Bertz CT molecular complexity index is 725. The number of benzene rings is 1. The number of carbonyl (C=O) groups is 3. The molecule has 1 aromatic rings. The van der Waals surface area contributed by atoms with E-state index in [0.29, 0.717) is 18.7 Å². The number of thiocarbonyl (C=S) groups is 1. The number of nitrogens with zero attached hydrogens (tertiary/aromatic N) is 1. The number of carbonyl (C=O) groups excluding carboxylic acids is 3. The third-order valence-electron chi connectivity index (χ3n) is 4.00. The van der Waals surface area contributed by atoms with Crippen LogP contribution in [0.3, 0.4) is 0 Å². The molecule has 0 radical (unpaired) electrons. The van der Waals surface area contributed by atoms with Crippen LogP contribution in [0.5, 0.6) is 0 Å². The van der Waals surface area contributed by atoms with Crippen molar-refractivity contribution in [2.24, 2.45) is 0 Å². The van der Waals surface area contributed by atoms with Crippen LogP contribution in [0.2, 0.25) is 0 Å². The highest BCUT2D eigenvalue weighted by molar-refractivity contribution is 7.80. The Hall–Kier alpha value is -2.52. The average Bonchev–Trinajstić information content (AvgIpc) is 2.63. The van der Waals surface area contributed by atoms with E-state index < -0.39 is 12.0 Å². The number of rotatable bonds is 6. The van der Waals surface area contributed by atoms with Crippen molar-refractivity contribution in [3.8, 4) is 0 Å². The molecule has 1 aliphatic heterocycles. The van der Waals surface area contributed by atoms with Crippen LogP contribution < -0.4 is 10.6 Å². The molecule has 0 bridgehead atoms. The van der Waals surface area contributed by atoms with Crippen molar-refractivity contribution in [2.75, 3.05) is 33.4 Å². The molecule has 146 valence electrons. The van der Waals surface area contributed by atoms with Crippen molar-refractivity contribution in [2.45, 2.75) is 19.4 Å². The van der Waals surface area contributed by atoms with Crippen molar-refractivity contribution in [1.29, 1.82) is 0 Å². The molecule has 1 heterocycles. The zero-order chi connectivity index (χ0) is 19.8. The molecule has 0 aliphatic carbocycles. The lowest BCUT2D eigenvalue weighted by Gasteiger charge is -2.36. The number of hydrogen-bond donors (Lipinski definition) is 2. The molecule has 1 saturated heterocycles. The predicted octanol–water partition coefficient (Wildman–Crippen LogP) is 0.390. The third kappa shape index (κ3) is 6.00. The summed E-state index contributed by atoms with van der Waals surface area (Å²) in [6.45, 7) is 3.02. The summed E-state index contributed by atoms with van der Waals surface area (Å²) in [6, 6.07) is 6.25. The SMILES string of the molecule is COCCOC(=O)CC1C(=O)NCCN1C(=S)NC(=O)c1cccc(C)c1. The average molecular weight is 393 g/mol. The maximum atomic E-state index is 12.4. The molecule has 8 nitrogen and oxygen atoms in total. The number of ether oxygens (including phenoxy) is 2. The lowest BCUT2D eigenvalue weighted by Crippen LogP contribution is -2.60. The summed E-state index contributed by atoms with van der Waals surface area (Å²) in [5.74, 6) is -1.24. The van der Waals surface area contributed by atoms with Gasteiger partial charge >= 0.3 is 5.97 Å². The molecule has 1 aliphatic rings. The van der Waals surface area contributed by atoms with Gasteiger partial charge in [0.2, 0.25) is 5.91 Å². The van der Waals surface area contributed by atoms with Crippen molar-refractivity contribution in [1.82, 2.24) is 15.5 Å². The van der Waals surface area contributed by atoms with Crippen LogP contribution >= 0.6 is 12.2 Å². The molecular weight excluding hydrogens is 370 g/mol. The van der Waals surface area contributed by atoms with Crippen molar-refractivity contribution >= 4 is 35.1 Å². The van der Waals surface area contributed by atoms with Crippen LogP contribution in [-0.2, 0) is 19.1 Å². The number of methoxy groups -OCH3 is 1. The zero-order valence-electron chi connectivity index (χ0n) is 15.3. The molecule has 27 heavy (non-hydrogen) atoms. The Balaban J connectivity index is 2.01. The van der Waals surface area contributed by atoms with E-state index in [9.17, 15) is 14.4 Å². The Morgan fingerprint density at radius 3 is 2.85 bits per heavy atom. The second-order valence-electron chi connectivity index (χ2n) is 6.05. The molecular formula is C18H23N3O5S. The van der Waals surface area contributed by atoms with Gasteiger partial charge in [0.15, 0.2) is 5.11 Å². The van der Waals surface area contributed by atoms with Gasteiger partial charge in [-0.2, -0.15) is 0 Å². The number of piperazine rings is 1. The Morgan fingerprint density at radius 2 is 2.15 bits per heavy atom. The van der Waals surface area contributed by atoms with E-state index in [2.05, 4.69) is 10.6 Å². The highest BCUT2D eigenvalue weighted by Crippen LogP contribution is 2.11. The molecule has 1 fully saturated rings. The minimum absolute atomic E-state index is 0.103. The lowest BCUT2D eigenvalue weighted by atomic mass is 10.1. The van der Waals surface area contributed by atoms with Crippen LogP contribution in [-0.4, -0.2) is 67.3 Å². The second kappa shape index (κ2) is 9.98. The fourth-order valence-corrected chi connectivity index (χ4v) is 2.95. The smallest absolute Gasteiger partial charge is 0.308 e. The first-order valence-electron chi connectivity index (χ1n) is 8.53. The Morgan fingerprint density at radius 1 is 1.37 bits per heavy atom. The standard InChI is InChI=1S/C18H23N3O5S/c1-12-4-3-5-13(10-12)16(23)20-18(27)21-7-6-19-17(24)14(21)11-15(22)26-9-8-25-2/h3-5,10,14H,6-9,11H2,1-2H3,(H,19,24)(H,20,23,27). The van der Waals surface area contributed by atoms with Gasteiger partial charge < -0.3 is 19.7 Å². The third-order valence-corrected chi connectivity index (χ3v) is 4.34. The largest absolute Gasteiger partial charge is 0.463 e. The maximum Gasteiger partial charge on any atom is 0.308 e. The Kier molecular flexibility index (Phi) is 7.68. The van der Waals surface area contributed by atoms with Gasteiger partial charge in [0, 0.05) is 25.8 Å². The van der Waals surface area contributed by atoms with E-state index in [4.69, 9.17) is 21.7 Å². The molecule has 2 amide bonds. The fourth-order valence-electron chi connectivity index (χ4n) is 2.64. The van der Waals surface area contributed by atoms with Gasteiger partial charge in [-0.15, -0.1) is 0 Å². The monoisotopic (exact) mass is 393 g/mol. The van der Waals surface area contributed by atoms with Gasteiger partial charge in [0.25, 0.3) is 5.91 Å². The second-order valence-corrected chi connectivity index (χ2v) is 6.43. The van der Waals surface area contributed by atoms with E-state index >= 15 is 0 Å². The number of amides is 2. The van der Waals surface area contributed by atoms with E-state index in [1.807, 2.05) is 13.0 Å². The summed E-state index contributed by atoms with van der Waals surface area (Å²) in [4.78, 5) is 38.1. The fraction of sp³-hybridized carbons (Fsp3) is 0.444. The molecule has 0 spiro atoms. The summed E-state index contributed by atoms with van der Waals surface area (Å²) >= 11 is 5.31. The molecule has 1 aromatic carbocycles. The summed E-state index contributed by atoms with van der Waals surface area (Å²) < 4.78 is 9.85. The van der Waals surface area contributed by atoms with Crippen molar-refractivity contribution in [3.05, 3.63) is 35.4 Å². The van der Waals surface area contributed by atoms with Gasteiger partial charge in [0.1, 0.15) is 12.6 Å². The highest BCUT2D eigenvalue weighted by Gasteiger charge is 2.34. The molecule has 2 N–H and O–H groups in total. The van der Waals surface area contributed by atoms with Crippen molar-refractivity contribution < 1.29 is 23.9 Å². The van der Waals surface area contributed by atoms with E-state index in [1.54, 1.807) is 23.1 Å². The first-order chi connectivity index (χ1) is 12.9. The summed E-state index contributed by atoms with van der Waals surface area (Å²) in [7, 11) is 1.50. The highest BCUT2D eigenvalue weighted by atomic mass is 32.1. The normalized spacial score (nSPS) is 16.4. The minimum Gasteiger partial charge on any atom is -0.463 e. The van der Waals surface area contributed by atoms with Gasteiger partial charge in [-0.05, 0) is 31.3 Å². The van der Waals surface area contributed by atoms with Gasteiger partial charge in [-0.1, -0.05) is 17.7 Å². The molecule has 0 aromatic heterocycles.